The van der Waals surface area contributed by atoms with Crippen molar-refractivity contribution >= 4 is 5.97 Å². The molecule has 100 valence electrons. The zero-order valence-corrected chi connectivity index (χ0v) is 11.0. The zero-order valence-electron chi connectivity index (χ0n) is 11.0. The smallest absolute Gasteiger partial charge is 0.356 e. The number of carbonyl (C=O) groups is 1. The number of benzene rings is 1. The average Bonchev–Trinajstić information content (AvgIpc) is 2.88. The summed E-state index contributed by atoms with van der Waals surface area (Å²) in [7, 11) is 1.36. The number of carbonyl (C=O) groups excluding carboxylic acids is 1. The molecule has 0 bridgehead atoms. The highest BCUT2D eigenvalue weighted by atomic mass is 16.5. The van der Waals surface area contributed by atoms with Gasteiger partial charge in [-0.1, -0.05) is 12.1 Å². The van der Waals surface area contributed by atoms with Gasteiger partial charge in [0.2, 0.25) is 0 Å². The molecule has 2 aromatic rings. The summed E-state index contributed by atoms with van der Waals surface area (Å²) < 4.78 is 11.7. The fraction of sp³-hybridized carbons (Fsp3) is 0.286. The van der Waals surface area contributed by atoms with Crippen molar-refractivity contribution in [1.29, 1.82) is 0 Å². The molecule has 0 amide bonds. The quantitative estimate of drug-likeness (QED) is 0.773. The second kappa shape index (κ2) is 6.04. The van der Waals surface area contributed by atoms with Gasteiger partial charge in [0.05, 0.1) is 20.3 Å². The van der Waals surface area contributed by atoms with Gasteiger partial charge >= 0.3 is 5.97 Å². The second-order valence-corrected chi connectivity index (χ2v) is 3.94. The highest BCUT2D eigenvalue weighted by Crippen LogP contribution is 2.13. The van der Waals surface area contributed by atoms with E-state index in [2.05, 4.69) is 5.10 Å². The van der Waals surface area contributed by atoms with E-state index in [4.69, 9.17) is 9.47 Å². The number of rotatable bonds is 5. The summed E-state index contributed by atoms with van der Waals surface area (Å²) in [4.78, 5) is 11.5. The monoisotopic (exact) mass is 260 g/mol. The molecular weight excluding hydrogens is 244 g/mol. The molecule has 0 saturated carbocycles. The van der Waals surface area contributed by atoms with Crippen LogP contribution in [0.4, 0.5) is 0 Å². The Morgan fingerprint density at radius 2 is 2.00 bits per heavy atom. The molecule has 5 nitrogen and oxygen atoms in total. The Balaban J connectivity index is 2.13. The van der Waals surface area contributed by atoms with Crippen molar-refractivity contribution in [1.82, 2.24) is 9.78 Å². The van der Waals surface area contributed by atoms with Crippen LogP contribution in [0.25, 0.3) is 0 Å². The standard InChI is InChI=1S/C14H16N2O3/c1-3-19-12-6-4-11(5-7-12)10-16-13(8-9-15-16)14(17)18-2/h4-9H,3,10H2,1-2H3. The van der Waals surface area contributed by atoms with E-state index in [0.717, 1.165) is 11.3 Å². The van der Waals surface area contributed by atoms with E-state index in [1.54, 1.807) is 16.9 Å². The van der Waals surface area contributed by atoms with Gasteiger partial charge in [0.25, 0.3) is 0 Å². The fourth-order valence-corrected chi connectivity index (χ4v) is 1.77. The first kappa shape index (κ1) is 13.1. The fourth-order valence-electron chi connectivity index (χ4n) is 1.77. The lowest BCUT2D eigenvalue weighted by Crippen LogP contribution is -2.12. The Hall–Kier alpha value is -2.30. The first-order valence-electron chi connectivity index (χ1n) is 6.06. The Morgan fingerprint density at radius 1 is 1.26 bits per heavy atom. The van der Waals surface area contributed by atoms with Crippen LogP contribution in [0.1, 0.15) is 23.0 Å². The van der Waals surface area contributed by atoms with Crippen molar-refractivity contribution < 1.29 is 14.3 Å². The highest BCUT2D eigenvalue weighted by Gasteiger charge is 2.12. The van der Waals surface area contributed by atoms with Crippen LogP contribution in [-0.2, 0) is 11.3 Å². The number of ether oxygens (including phenoxy) is 2. The Kier molecular flexibility index (Phi) is 4.18. The van der Waals surface area contributed by atoms with E-state index in [9.17, 15) is 4.79 Å². The van der Waals surface area contributed by atoms with E-state index in [1.165, 1.54) is 7.11 Å². The van der Waals surface area contributed by atoms with Crippen molar-refractivity contribution in [2.75, 3.05) is 13.7 Å². The van der Waals surface area contributed by atoms with Gasteiger partial charge in [0.1, 0.15) is 11.4 Å². The number of hydrogen-bond donors (Lipinski definition) is 0. The van der Waals surface area contributed by atoms with Gasteiger partial charge in [-0.3, -0.25) is 4.68 Å². The third-order valence-corrected chi connectivity index (χ3v) is 2.68. The maximum absolute atomic E-state index is 11.5. The summed E-state index contributed by atoms with van der Waals surface area (Å²) in [5.74, 6) is 0.448. The Bertz CT molecular complexity index is 546. The molecular formula is C14H16N2O3. The lowest BCUT2D eigenvalue weighted by atomic mass is 10.2. The van der Waals surface area contributed by atoms with Crippen LogP contribution in [0.5, 0.6) is 5.75 Å². The van der Waals surface area contributed by atoms with Crippen LogP contribution in [0.2, 0.25) is 0 Å². The molecule has 0 aliphatic rings. The van der Waals surface area contributed by atoms with Gasteiger partial charge in [0.15, 0.2) is 0 Å². The van der Waals surface area contributed by atoms with E-state index in [1.807, 2.05) is 31.2 Å². The minimum absolute atomic E-state index is 0.386. The van der Waals surface area contributed by atoms with E-state index in [0.29, 0.717) is 18.8 Å². The van der Waals surface area contributed by atoms with Gasteiger partial charge in [-0.15, -0.1) is 0 Å². The third kappa shape index (κ3) is 3.13. The van der Waals surface area contributed by atoms with Gasteiger partial charge in [-0.25, -0.2) is 4.79 Å². The minimum atomic E-state index is -0.386. The van der Waals surface area contributed by atoms with Crippen molar-refractivity contribution in [3.8, 4) is 5.75 Å². The predicted molar refractivity (Wildman–Crippen MR) is 70.3 cm³/mol. The van der Waals surface area contributed by atoms with Gasteiger partial charge < -0.3 is 9.47 Å². The summed E-state index contributed by atoms with van der Waals surface area (Å²) in [6, 6.07) is 9.35. The van der Waals surface area contributed by atoms with Gasteiger partial charge in [0, 0.05) is 6.20 Å². The van der Waals surface area contributed by atoms with Crippen LogP contribution < -0.4 is 4.74 Å². The molecule has 0 unspecified atom stereocenters. The largest absolute Gasteiger partial charge is 0.494 e. The summed E-state index contributed by atoms with van der Waals surface area (Å²) >= 11 is 0. The molecule has 0 N–H and O–H groups in total. The molecule has 19 heavy (non-hydrogen) atoms. The van der Waals surface area contributed by atoms with E-state index in [-0.39, 0.29) is 5.97 Å². The maximum Gasteiger partial charge on any atom is 0.356 e. The van der Waals surface area contributed by atoms with Crippen molar-refractivity contribution in [3.63, 3.8) is 0 Å². The molecule has 0 radical (unpaired) electrons. The molecule has 1 heterocycles. The molecule has 1 aromatic heterocycles. The van der Waals surface area contributed by atoms with Crippen LogP contribution >= 0.6 is 0 Å². The SMILES string of the molecule is CCOc1ccc(Cn2nccc2C(=O)OC)cc1. The number of aromatic nitrogens is 2. The highest BCUT2D eigenvalue weighted by molar-refractivity contribution is 5.87. The lowest BCUT2D eigenvalue weighted by molar-refractivity contribution is 0.0587. The lowest BCUT2D eigenvalue weighted by Gasteiger charge is -2.07. The first-order chi connectivity index (χ1) is 9.24. The number of hydrogen-bond acceptors (Lipinski definition) is 4. The molecule has 0 aliphatic heterocycles. The van der Waals surface area contributed by atoms with Crippen LogP contribution in [-0.4, -0.2) is 29.5 Å². The predicted octanol–water partition coefficient (Wildman–Crippen LogP) is 2.12. The molecule has 0 atom stereocenters. The zero-order chi connectivity index (χ0) is 13.7. The molecule has 0 spiro atoms. The van der Waals surface area contributed by atoms with Gasteiger partial charge in [-0.05, 0) is 30.7 Å². The van der Waals surface area contributed by atoms with Gasteiger partial charge in [-0.2, -0.15) is 5.10 Å². The summed E-state index contributed by atoms with van der Waals surface area (Å²) in [6.07, 6.45) is 1.58. The van der Waals surface area contributed by atoms with Crippen LogP contribution in [0.3, 0.4) is 0 Å². The average molecular weight is 260 g/mol. The van der Waals surface area contributed by atoms with Crippen molar-refractivity contribution in [2.45, 2.75) is 13.5 Å². The molecule has 5 heteroatoms. The van der Waals surface area contributed by atoms with Crippen molar-refractivity contribution in [3.05, 3.63) is 47.8 Å². The summed E-state index contributed by atoms with van der Waals surface area (Å²) in [5, 5.41) is 4.12. The first-order valence-corrected chi connectivity index (χ1v) is 6.06. The number of esters is 1. The number of nitrogens with zero attached hydrogens (tertiary/aromatic N) is 2. The molecule has 0 aliphatic carbocycles. The normalized spacial score (nSPS) is 10.2. The van der Waals surface area contributed by atoms with Crippen LogP contribution in [0, 0.1) is 0 Å². The summed E-state index contributed by atoms with van der Waals surface area (Å²) in [6.45, 7) is 3.11. The van der Waals surface area contributed by atoms with E-state index < -0.39 is 0 Å². The third-order valence-electron chi connectivity index (χ3n) is 2.68. The van der Waals surface area contributed by atoms with E-state index >= 15 is 0 Å². The molecule has 0 saturated heterocycles. The maximum atomic E-state index is 11.5. The van der Waals surface area contributed by atoms with Crippen molar-refractivity contribution in [2.24, 2.45) is 0 Å². The topological polar surface area (TPSA) is 53.4 Å². The Labute approximate surface area is 111 Å². The second-order valence-electron chi connectivity index (χ2n) is 3.94. The summed E-state index contributed by atoms with van der Waals surface area (Å²) in [5.41, 5.74) is 1.48. The molecule has 2 rings (SSSR count). The molecule has 0 fully saturated rings. The molecule has 1 aromatic carbocycles. The minimum Gasteiger partial charge on any atom is -0.494 e. The van der Waals surface area contributed by atoms with Crippen LogP contribution in [0.15, 0.2) is 36.5 Å². The number of methoxy groups -OCH3 is 1. The Morgan fingerprint density at radius 3 is 2.63 bits per heavy atom.